The average molecular weight is 529 g/mol. The van der Waals surface area contributed by atoms with Crippen molar-refractivity contribution in [2.45, 2.75) is 38.1 Å². The van der Waals surface area contributed by atoms with Gasteiger partial charge in [-0.05, 0) is 68.1 Å². The van der Waals surface area contributed by atoms with Crippen LogP contribution in [-0.2, 0) is 4.79 Å². The second-order valence-electron chi connectivity index (χ2n) is 8.16. The number of aliphatic carboxylic acids is 1. The van der Waals surface area contributed by atoms with Crippen molar-refractivity contribution in [3.8, 4) is 11.5 Å². The lowest BCUT2D eigenvalue weighted by molar-refractivity contribution is -0.274. The van der Waals surface area contributed by atoms with Gasteiger partial charge in [-0.2, -0.15) is 0 Å². The van der Waals surface area contributed by atoms with E-state index in [1.54, 1.807) is 6.07 Å². The molecule has 0 aromatic heterocycles. The van der Waals surface area contributed by atoms with Gasteiger partial charge in [0.05, 0.1) is 22.6 Å². The van der Waals surface area contributed by atoms with Gasteiger partial charge in [-0.3, -0.25) is 14.4 Å². The largest absolute Gasteiger partial charge is 0.573 e. The maximum Gasteiger partial charge on any atom is 0.573 e. The van der Waals surface area contributed by atoms with Crippen LogP contribution in [0.15, 0.2) is 42.5 Å². The number of carboxylic acids is 1. The van der Waals surface area contributed by atoms with E-state index in [0.717, 1.165) is 12.1 Å². The summed E-state index contributed by atoms with van der Waals surface area (Å²) >= 11 is 6.23. The molecule has 3 N–H and O–H groups in total. The van der Waals surface area contributed by atoms with Gasteiger partial charge in [-0.1, -0.05) is 11.6 Å². The molecule has 8 nitrogen and oxygen atoms in total. The third-order valence-electron chi connectivity index (χ3n) is 5.56. The number of amides is 2. The molecule has 3 rings (SSSR count). The first-order valence-corrected chi connectivity index (χ1v) is 11.5. The summed E-state index contributed by atoms with van der Waals surface area (Å²) in [5.41, 5.74) is 0.344. The summed E-state index contributed by atoms with van der Waals surface area (Å²) in [5.74, 6) is -2.08. The van der Waals surface area contributed by atoms with Crippen molar-refractivity contribution in [2.75, 3.05) is 13.1 Å². The van der Waals surface area contributed by atoms with Crippen molar-refractivity contribution in [1.82, 2.24) is 10.6 Å². The SMILES string of the molecule is O=C(NCCNC(=O)c1ccc(O[C@H]2CC[C@@H](C(=O)O)CC2)cc1Cl)c1ccc(OC(F)(F)F)cc1. The Bertz CT molecular complexity index is 1090. The summed E-state index contributed by atoms with van der Waals surface area (Å²) in [7, 11) is 0. The van der Waals surface area contributed by atoms with Crippen LogP contribution in [0, 0.1) is 5.92 Å². The zero-order valence-corrected chi connectivity index (χ0v) is 19.7. The van der Waals surface area contributed by atoms with Crippen molar-refractivity contribution in [3.63, 3.8) is 0 Å². The second-order valence-corrected chi connectivity index (χ2v) is 8.56. The van der Waals surface area contributed by atoms with Gasteiger partial charge in [0.1, 0.15) is 11.5 Å². The Balaban J connectivity index is 1.42. The lowest BCUT2D eigenvalue weighted by Gasteiger charge is -2.26. The quantitative estimate of drug-likeness (QED) is 0.415. The molecular weight excluding hydrogens is 505 g/mol. The van der Waals surface area contributed by atoms with Gasteiger partial charge in [0.15, 0.2) is 0 Å². The smallest absolute Gasteiger partial charge is 0.490 e. The Kier molecular flexibility index (Phi) is 9.03. The highest BCUT2D eigenvalue weighted by Gasteiger charge is 2.31. The van der Waals surface area contributed by atoms with Crippen LogP contribution >= 0.6 is 11.6 Å². The topological polar surface area (TPSA) is 114 Å². The Morgan fingerprint density at radius 3 is 2.06 bits per heavy atom. The zero-order chi connectivity index (χ0) is 26.3. The number of hydrogen-bond acceptors (Lipinski definition) is 5. The number of carbonyl (C=O) groups is 3. The third kappa shape index (κ3) is 8.04. The summed E-state index contributed by atoms with van der Waals surface area (Å²) in [5, 5.41) is 14.4. The number of ether oxygens (including phenoxy) is 2. The van der Waals surface area contributed by atoms with Crippen LogP contribution in [0.3, 0.4) is 0 Å². The van der Waals surface area contributed by atoms with Crippen LogP contribution in [0.1, 0.15) is 46.4 Å². The first-order chi connectivity index (χ1) is 17.0. The summed E-state index contributed by atoms with van der Waals surface area (Å²) in [6, 6.07) is 9.08. The summed E-state index contributed by atoms with van der Waals surface area (Å²) in [6.45, 7) is 0.157. The highest BCUT2D eigenvalue weighted by atomic mass is 35.5. The van der Waals surface area contributed by atoms with E-state index in [1.807, 2.05) is 0 Å². The van der Waals surface area contributed by atoms with Crippen LogP contribution < -0.4 is 20.1 Å². The van der Waals surface area contributed by atoms with Gasteiger partial charge in [-0.15, -0.1) is 13.2 Å². The van der Waals surface area contributed by atoms with E-state index in [-0.39, 0.29) is 41.3 Å². The molecule has 12 heteroatoms. The molecule has 36 heavy (non-hydrogen) atoms. The van der Waals surface area contributed by atoms with Crippen LogP contribution in [0.4, 0.5) is 13.2 Å². The van der Waals surface area contributed by atoms with Crippen molar-refractivity contribution >= 4 is 29.4 Å². The standard InChI is InChI=1S/C24H24ClF3N2O6/c25-20-13-18(35-16-5-3-15(4-6-16)23(33)34)9-10-19(20)22(32)30-12-11-29-21(31)14-1-7-17(8-2-14)36-24(26,27)28/h1-2,7-10,13,15-16H,3-6,11-12H2,(H,29,31)(H,30,32)(H,33,34)/t15-,16+. The fourth-order valence-corrected chi connectivity index (χ4v) is 3.99. The van der Waals surface area contributed by atoms with Gasteiger partial charge < -0.3 is 25.2 Å². The monoisotopic (exact) mass is 528 g/mol. The van der Waals surface area contributed by atoms with Crippen LogP contribution in [0.25, 0.3) is 0 Å². The Morgan fingerprint density at radius 2 is 1.50 bits per heavy atom. The van der Waals surface area contributed by atoms with Crippen molar-refractivity contribution in [3.05, 3.63) is 58.6 Å². The van der Waals surface area contributed by atoms with Gasteiger partial charge in [0.25, 0.3) is 11.8 Å². The first kappa shape index (κ1) is 27.1. The number of carbonyl (C=O) groups excluding carboxylic acids is 2. The van der Waals surface area contributed by atoms with E-state index in [9.17, 15) is 27.6 Å². The summed E-state index contributed by atoms with van der Waals surface area (Å²) in [4.78, 5) is 35.6. The number of benzene rings is 2. The molecule has 0 atom stereocenters. The van der Waals surface area contributed by atoms with Crippen molar-refractivity contribution in [1.29, 1.82) is 0 Å². The lowest BCUT2D eigenvalue weighted by Crippen LogP contribution is -2.34. The minimum Gasteiger partial charge on any atom is -0.490 e. The maximum absolute atomic E-state index is 12.4. The molecule has 1 saturated carbocycles. The maximum atomic E-state index is 12.4. The van der Waals surface area contributed by atoms with Crippen molar-refractivity contribution < 1.29 is 42.1 Å². The van der Waals surface area contributed by atoms with Crippen molar-refractivity contribution in [2.24, 2.45) is 5.92 Å². The minimum absolute atomic E-state index is 0.0726. The van der Waals surface area contributed by atoms with Gasteiger partial charge in [0.2, 0.25) is 0 Å². The fraction of sp³-hybridized carbons (Fsp3) is 0.375. The Hall–Kier alpha value is -3.47. The van der Waals surface area contributed by atoms with Gasteiger partial charge in [0, 0.05) is 18.7 Å². The molecule has 1 aliphatic rings. The molecule has 0 unspecified atom stereocenters. The first-order valence-electron chi connectivity index (χ1n) is 11.1. The predicted octanol–water partition coefficient (Wildman–Crippen LogP) is 4.42. The zero-order valence-electron chi connectivity index (χ0n) is 18.9. The lowest BCUT2D eigenvalue weighted by atomic mass is 9.87. The second kappa shape index (κ2) is 12.0. The molecular formula is C24H24ClF3N2O6. The highest BCUT2D eigenvalue weighted by molar-refractivity contribution is 6.34. The highest BCUT2D eigenvalue weighted by Crippen LogP contribution is 2.30. The van der Waals surface area contributed by atoms with E-state index >= 15 is 0 Å². The third-order valence-corrected chi connectivity index (χ3v) is 5.87. The molecule has 0 radical (unpaired) electrons. The van der Waals surface area contributed by atoms with E-state index in [0.29, 0.717) is 31.4 Å². The average Bonchev–Trinajstić information content (AvgIpc) is 2.81. The van der Waals surface area contributed by atoms with E-state index in [1.165, 1.54) is 24.3 Å². The number of alkyl halides is 3. The molecule has 194 valence electrons. The number of carboxylic acid groups (broad SMARTS) is 1. The molecule has 0 aliphatic heterocycles. The minimum atomic E-state index is -4.82. The van der Waals surface area contributed by atoms with E-state index < -0.39 is 29.9 Å². The molecule has 2 aromatic carbocycles. The molecule has 0 saturated heterocycles. The van der Waals surface area contributed by atoms with Gasteiger partial charge >= 0.3 is 12.3 Å². The van der Waals surface area contributed by atoms with Crippen LogP contribution in [0.2, 0.25) is 5.02 Å². The van der Waals surface area contributed by atoms with Crippen LogP contribution in [-0.4, -0.2) is 48.4 Å². The van der Waals surface area contributed by atoms with Crippen LogP contribution in [0.5, 0.6) is 11.5 Å². The molecule has 1 aliphatic carbocycles. The normalized spacial score (nSPS) is 17.7. The number of hydrogen-bond donors (Lipinski definition) is 3. The van der Waals surface area contributed by atoms with E-state index in [4.69, 9.17) is 21.4 Å². The predicted molar refractivity (Wildman–Crippen MR) is 123 cm³/mol. The summed E-state index contributed by atoms with van der Waals surface area (Å²) < 4.78 is 46.2. The fourth-order valence-electron chi connectivity index (χ4n) is 3.73. The number of nitrogens with one attached hydrogen (secondary N) is 2. The molecule has 0 spiro atoms. The molecule has 2 aromatic rings. The molecule has 0 bridgehead atoms. The molecule has 1 fully saturated rings. The Labute approximate surface area is 209 Å². The van der Waals surface area contributed by atoms with E-state index in [2.05, 4.69) is 15.4 Å². The number of rotatable bonds is 9. The summed E-state index contributed by atoms with van der Waals surface area (Å²) in [6.07, 6.45) is -2.61. The number of halogens is 4. The Morgan fingerprint density at radius 1 is 0.917 bits per heavy atom. The molecule has 0 heterocycles. The van der Waals surface area contributed by atoms with Gasteiger partial charge in [-0.25, -0.2) is 0 Å². The molecule has 2 amide bonds.